The van der Waals surface area contributed by atoms with E-state index in [0.29, 0.717) is 28.6 Å². The fourth-order valence-corrected chi connectivity index (χ4v) is 4.03. The molecule has 1 aliphatic rings. The lowest BCUT2D eigenvalue weighted by Gasteiger charge is -2.26. The number of carbonyl (C=O) groups is 2. The Hall–Kier alpha value is -3.25. The number of nitrogens with zero attached hydrogens (tertiary/aromatic N) is 1. The predicted molar refractivity (Wildman–Crippen MR) is 118 cm³/mol. The van der Waals surface area contributed by atoms with Gasteiger partial charge in [0.05, 0.1) is 24.8 Å². The standard InChI is InChI=1S/C24H22ClNO5/c1-3-29-21(27)14-17-13-19(15-9-11-16(25)12-10-15)22-18-7-5-6-8-20(18)26(23(22)31-17)24(28)30-4-2/h5-12,14,19H,3-4,13H2,1-2H3/b17-14+. The number of rotatable bonds is 4. The van der Waals surface area contributed by atoms with Crippen molar-refractivity contribution < 1.29 is 23.8 Å². The number of allylic oxidation sites excluding steroid dienone is 1. The normalized spacial score (nSPS) is 16.6. The minimum atomic E-state index is -0.535. The molecule has 3 aromatic rings. The van der Waals surface area contributed by atoms with Crippen molar-refractivity contribution in [3.63, 3.8) is 0 Å². The second kappa shape index (κ2) is 8.86. The van der Waals surface area contributed by atoms with Crippen molar-refractivity contribution in [2.24, 2.45) is 0 Å². The molecule has 1 unspecified atom stereocenters. The highest BCUT2D eigenvalue weighted by molar-refractivity contribution is 6.30. The largest absolute Gasteiger partial charge is 0.463 e. The van der Waals surface area contributed by atoms with Crippen molar-refractivity contribution >= 4 is 34.6 Å². The van der Waals surface area contributed by atoms with Gasteiger partial charge in [-0.15, -0.1) is 0 Å². The summed E-state index contributed by atoms with van der Waals surface area (Å²) in [5, 5.41) is 1.52. The molecule has 1 atom stereocenters. The lowest BCUT2D eigenvalue weighted by atomic mass is 9.86. The summed E-state index contributed by atoms with van der Waals surface area (Å²) in [5.41, 5.74) is 2.55. The Kier molecular flexibility index (Phi) is 6.00. The molecule has 0 N–H and O–H groups in total. The van der Waals surface area contributed by atoms with E-state index in [-0.39, 0.29) is 19.1 Å². The molecule has 0 saturated heterocycles. The van der Waals surface area contributed by atoms with Crippen LogP contribution in [0.15, 0.2) is 60.4 Å². The molecule has 7 heteroatoms. The zero-order chi connectivity index (χ0) is 22.0. The van der Waals surface area contributed by atoms with Crippen molar-refractivity contribution in [1.82, 2.24) is 4.57 Å². The van der Waals surface area contributed by atoms with Crippen LogP contribution in [0.4, 0.5) is 4.79 Å². The first kappa shape index (κ1) is 21.0. The number of fused-ring (bicyclic) bond motifs is 3. The van der Waals surface area contributed by atoms with Gasteiger partial charge in [-0.1, -0.05) is 41.9 Å². The summed E-state index contributed by atoms with van der Waals surface area (Å²) in [6.07, 6.45) is 1.24. The highest BCUT2D eigenvalue weighted by atomic mass is 35.5. The number of benzene rings is 2. The summed E-state index contributed by atoms with van der Waals surface area (Å²) in [6, 6.07) is 15.1. The van der Waals surface area contributed by atoms with E-state index in [1.165, 1.54) is 10.6 Å². The number of carbonyl (C=O) groups excluding carboxylic acids is 2. The SMILES string of the molecule is CCOC(=O)/C=C1\CC(c2ccc(Cl)cc2)c2c(n(C(=O)OCC)c3ccccc23)O1. The van der Waals surface area contributed by atoms with Gasteiger partial charge < -0.3 is 14.2 Å². The molecule has 0 fully saturated rings. The third kappa shape index (κ3) is 4.03. The van der Waals surface area contributed by atoms with Gasteiger partial charge in [-0.25, -0.2) is 14.2 Å². The Morgan fingerprint density at radius 3 is 2.52 bits per heavy atom. The van der Waals surface area contributed by atoms with Crippen LogP contribution in [-0.4, -0.2) is 29.8 Å². The summed E-state index contributed by atoms with van der Waals surface area (Å²) in [4.78, 5) is 25.0. The van der Waals surface area contributed by atoms with E-state index in [2.05, 4.69) is 0 Å². The number of ether oxygens (including phenoxy) is 3. The van der Waals surface area contributed by atoms with Crippen LogP contribution in [0.1, 0.15) is 37.3 Å². The van der Waals surface area contributed by atoms with Crippen molar-refractivity contribution in [2.75, 3.05) is 13.2 Å². The molecule has 0 amide bonds. The van der Waals surface area contributed by atoms with E-state index in [0.717, 1.165) is 16.5 Å². The van der Waals surface area contributed by atoms with Gasteiger partial charge in [-0.05, 0) is 37.6 Å². The number of hydrogen-bond acceptors (Lipinski definition) is 5. The van der Waals surface area contributed by atoms with E-state index in [1.807, 2.05) is 48.5 Å². The molecule has 0 bridgehead atoms. The first-order chi connectivity index (χ1) is 15.0. The van der Waals surface area contributed by atoms with Crippen LogP contribution in [0.2, 0.25) is 5.02 Å². The van der Waals surface area contributed by atoms with Crippen molar-refractivity contribution in [1.29, 1.82) is 0 Å². The van der Waals surface area contributed by atoms with E-state index in [4.69, 9.17) is 25.8 Å². The smallest absolute Gasteiger partial charge is 0.421 e. The Labute approximate surface area is 185 Å². The fraction of sp³-hybridized carbons (Fsp3) is 0.250. The van der Waals surface area contributed by atoms with Gasteiger partial charge in [0.1, 0.15) is 5.76 Å². The highest BCUT2D eigenvalue weighted by Gasteiger charge is 2.35. The lowest BCUT2D eigenvalue weighted by molar-refractivity contribution is -0.137. The number of hydrogen-bond donors (Lipinski definition) is 0. The molecule has 6 nitrogen and oxygen atoms in total. The zero-order valence-corrected chi connectivity index (χ0v) is 18.0. The average molecular weight is 440 g/mol. The minimum Gasteiger partial charge on any atom is -0.463 e. The van der Waals surface area contributed by atoms with Crippen molar-refractivity contribution in [2.45, 2.75) is 26.2 Å². The van der Waals surface area contributed by atoms with Crippen LogP contribution in [0, 0.1) is 0 Å². The van der Waals surface area contributed by atoms with Crippen LogP contribution in [-0.2, 0) is 14.3 Å². The summed E-state index contributed by atoms with van der Waals surface area (Å²) >= 11 is 6.10. The van der Waals surface area contributed by atoms with Gasteiger partial charge in [0.15, 0.2) is 0 Å². The van der Waals surface area contributed by atoms with Gasteiger partial charge >= 0.3 is 12.1 Å². The molecule has 1 aromatic heterocycles. The minimum absolute atomic E-state index is 0.151. The third-order valence-electron chi connectivity index (χ3n) is 5.14. The molecule has 31 heavy (non-hydrogen) atoms. The van der Waals surface area contributed by atoms with Gasteiger partial charge in [0.25, 0.3) is 0 Å². The van der Waals surface area contributed by atoms with E-state index in [9.17, 15) is 9.59 Å². The molecule has 2 aromatic carbocycles. The Bertz CT molecular complexity index is 1160. The number of para-hydroxylation sites is 1. The lowest BCUT2D eigenvalue weighted by Crippen LogP contribution is -2.20. The molecule has 160 valence electrons. The molecule has 1 aliphatic heterocycles. The quantitative estimate of drug-likeness (QED) is 0.387. The maximum absolute atomic E-state index is 12.8. The summed E-state index contributed by atoms with van der Waals surface area (Å²) < 4.78 is 17.9. The first-order valence-electron chi connectivity index (χ1n) is 10.1. The number of aromatic nitrogens is 1. The Morgan fingerprint density at radius 1 is 1.10 bits per heavy atom. The monoisotopic (exact) mass is 439 g/mol. The third-order valence-corrected chi connectivity index (χ3v) is 5.39. The molecular weight excluding hydrogens is 418 g/mol. The zero-order valence-electron chi connectivity index (χ0n) is 17.3. The van der Waals surface area contributed by atoms with Crippen molar-refractivity contribution in [3.05, 3.63) is 76.5 Å². The van der Waals surface area contributed by atoms with E-state index >= 15 is 0 Å². The molecule has 0 saturated carbocycles. The van der Waals surface area contributed by atoms with E-state index < -0.39 is 12.1 Å². The van der Waals surface area contributed by atoms with Crippen molar-refractivity contribution in [3.8, 4) is 5.88 Å². The van der Waals surface area contributed by atoms with Gasteiger partial charge in [0.2, 0.25) is 5.88 Å². The Morgan fingerprint density at radius 2 is 1.81 bits per heavy atom. The van der Waals surface area contributed by atoms with E-state index in [1.54, 1.807) is 13.8 Å². The number of halogens is 1. The Balaban J connectivity index is 1.94. The van der Waals surface area contributed by atoms with Crippen LogP contribution >= 0.6 is 11.6 Å². The summed E-state index contributed by atoms with van der Waals surface area (Å²) in [6.45, 7) is 3.98. The highest BCUT2D eigenvalue weighted by Crippen LogP contribution is 2.47. The summed E-state index contributed by atoms with van der Waals surface area (Å²) in [5.74, 6) is 0.123. The molecule has 2 heterocycles. The maximum Gasteiger partial charge on any atom is 0.421 e. The number of esters is 1. The molecule has 0 spiro atoms. The molecule has 0 aliphatic carbocycles. The second-order valence-electron chi connectivity index (χ2n) is 7.04. The molecular formula is C24H22ClNO5. The van der Waals surface area contributed by atoms with Crippen LogP contribution in [0.25, 0.3) is 10.9 Å². The van der Waals surface area contributed by atoms with Gasteiger partial charge in [0, 0.05) is 28.3 Å². The predicted octanol–water partition coefficient (Wildman–Crippen LogP) is 5.66. The molecule has 0 radical (unpaired) electrons. The van der Waals surface area contributed by atoms with Gasteiger partial charge in [-0.2, -0.15) is 0 Å². The van der Waals surface area contributed by atoms with Crippen LogP contribution in [0.3, 0.4) is 0 Å². The van der Waals surface area contributed by atoms with Crippen LogP contribution in [0.5, 0.6) is 5.88 Å². The first-order valence-corrected chi connectivity index (χ1v) is 10.5. The average Bonchev–Trinajstić information content (AvgIpc) is 3.08. The topological polar surface area (TPSA) is 66.8 Å². The second-order valence-corrected chi connectivity index (χ2v) is 7.48. The summed E-state index contributed by atoms with van der Waals surface area (Å²) in [7, 11) is 0. The fourth-order valence-electron chi connectivity index (χ4n) is 3.90. The van der Waals surface area contributed by atoms with Gasteiger partial charge in [-0.3, -0.25) is 0 Å². The van der Waals surface area contributed by atoms with Crippen LogP contribution < -0.4 is 4.74 Å². The maximum atomic E-state index is 12.8. The molecule has 4 rings (SSSR count).